The van der Waals surface area contributed by atoms with Crippen molar-refractivity contribution >= 4 is 5.91 Å². The fourth-order valence-electron chi connectivity index (χ4n) is 4.40. The van der Waals surface area contributed by atoms with Gasteiger partial charge in [-0.15, -0.1) is 0 Å². The van der Waals surface area contributed by atoms with E-state index in [1.54, 1.807) is 6.92 Å². The van der Waals surface area contributed by atoms with E-state index >= 15 is 0 Å². The average molecular weight is 379 g/mol. The number of carbonyl (C=O) groups is 1. The zero-order chi connectivity index (χ0) is 19.3. The highest BCUT2D eigenvalue weighted by molar-refractivity contribution is 5.73. The lowest BCUT2D eigenvalue weighted by molar-refractivity contribution is -0.130. The monoisotopic (exact) mass is 378 g/mol. The van der Waals surface area contributed by atoms with Gasteiger partial charge in [0.25, 0.3) is 0 Å². The van der Waals surface area contributed by atoms with Gasteiger partial charge in [-0.3, -0.25) is 9.69 Å². The van der Waals surface area contributed by atoms with Gasteiger partial charge in [-0.05, 0) is 37.8 Å². The first-order valence-electron chi connectivity index (χ1n) is 10.6. The zero-order valence-corrected chi connectivity index (χ0v) is 16.8. The summed E-state index contributed by atoms with van der Waals surface area (Å²) in [6, 6.07) is 10.7. The summed E-state index contributed by atoms with van der Waals surface area (Å²) in [5.74, 6) is 1.38. The van der Waals surface area contributed by atoms with Gasteiger partial charge >= 0.3 is 0 Å². The van der Waals surface area contributed by atoms with Gasteiger partial charge in [0.2, 0.25) is 5.91 Å². The molecule has 2 aliphatic rings. The van der Waals surface area contributed by atoms with E-state index in [9.17, 15) is 4.79 Å². The van der Waals surface area contributed by atoms with Crippen molar-refractivity contribution in [2.75, 3.05) is 26.2 Å². The molecule has 2 aliphatic heterocycles. The van der Waals surface area contributed by atoms with Crippen LogP contribution >= 0.6 is 0 Å². The first-order chi connectivity index (χ1) is 13.7. The largest absolute Gasteiger partial charge is 0.342 e. The van der Waals surface area contributed by atoms with E-state index in [4.69, 9.17) is 9.97 Å². The smallest absolute Gasteiger partial charge is 0.219 e. The Hall–Kier alpha value is -2.27. The molecule has 2 aromatic rings. The summed E-state index contributed by atoms with van der Waals surface area (Å²) in [5.41, 5.74) is 3.90. The van der Waals surface area contributed by atoms with Crippen molar-refractivity contribution in [1.29, 1.82) is 0 Å². The van der Waals surface area contributed by atoms with Gasteiger partial charge in [-0.2, -0.15) is 0 Å². The molecule has 1 aromatic carbocycles. The molecular weight excluding hydrogens is 348 g/mol. The molecule has 1 fully saturated rings. The van der Waals surface area contributed by atoms with Gasteiger partial charge < -0.3 is 4.90 Å². The molecule has 1 amide bonds. The molecule has 1 saturated heterocycles. The van der Waals surface area contributed by atoms with Crippen LogP contribution in [0.3, 0.4) is 0 Å². The van der Waals surface area contributed by atoms with E-state index in [1.807, 2.05) is 11.1 Å². The van der Waals surface area contributed by atoms with Gasteiger partial charge in [0.05, 0.1) is 0 Å². The summed E-state index contributed by atoms with van der Waals surface area (Å²) in [4.78, 5) is 25.8. The van der Waals surface area contributed by atoms with Crippen molar-refractivity contribution in [3.8, 4) is 0 Å². The van der Waals surface area contributed by atoms with Crippen molar-refractivity contribution in [3.05, 3.63) is 59.2 Å². The summed E-state index contributed by atoms with van der Waals surface area (Å²) < 4.78 is 0. The molecule has 1 aromatic heterocycles. The zero-order valence-electron chi connectivity index (χ0n) is 16.8. The Balaban J connectivity index is 1.33. The summed E-state index contributed by atoms with van der Waals surface area (Å²) in [6.45, 7) is 6.43. The summed E-state index contributed by atoms with van der Waals surface area (Å²) >= 11 is 0. The Bertz CT molecular complexity index is 808. The normalized spacial score (nSPS) is 20.0. The minimum atomic E-state index is 0.161. The van der Waals surface area contributed by atoms with Gasteiger partial charge in [-0.25, -0.2) is 9.97 Å². The fraction of sp³-hybridized carbons (Fsp3) is 0.522. The lowest BCUT2D eigenvalue weighted by atomic mass is 9.96. The number of hydrogen-bond donors (Lipinski definition) is 0. The van der Waals surface area contributed by atoms with Crippen LogP contribution in [-0.2, 0) is 24.2 Å². The van der Waals surface area contributed by atoms with Crippen molar-refractivity contribution in [3.63, 3.8) is 0 Å². The highest BCUT2D eigenvalue weighted by Gasteiger charge is 2.26. The number of benzene rings is 1. The molecule has 1 atom stereocenters. The third-order valence-corrected chi connectivity index (χ3v) is 6.05. The Morgan fingerprint density at radius 2 is 2.07 bits per heavy atom. The van der Waals surface area contributed by atoms with E-state index in [0.717, 1.165) is 64.2 Å². The topological polar surface area (TPSA) is 49.3 Å². The maximum atomic E-state index is 11.7. The van der Waals surface area contributed by atoms with Crippen molar-refractivity contribution in [1.82, 2.24) is 19.8 Å². The van der Waals surface area contributed by atoms with Gasteiger partial charge in [0, 0.05) is 62.9 Å². The van der Waals surface area contributed by atoms with E-state index in [0.29, 0.717) is 0 Å². The number of carbonyl (C=O) groups excluding carboxylic acids is 1. The van der Waals surface area contributed by atoms with E-state index < -0.39 is 0 Å². The summed E-state index contributed by atoms with van der Waals surface area (Å²) in [7, 11) is 0. The third-order valence-electron chi connectivity index (χ3n) is 6.05. The van der Waals surface area contributed by atoms with Crippen molar-refractivity contribution < 1.29 is 4.79 Å². The minimum absolute atomic E-state index is 0.161. The second kappa shape index (κ2) is 8.82. The Kier molecular flexibility index (Phi) is 6.01. The van der Waals surface area contributed by atoms with Crippen LogP contribution in [0.15, 0.2) is 36.5 Å². The predicted octanol–water partition coefficient (Wildman–Crippen LogP) is 3.19. The molecule has 0 saturated carbocycles. The van der Waals surface area contributed by atoms with Crippen LogP contribution in [0.25, 0.3) is 0 Å². The molecule has 0 N–H and O–H groups in total. The molecule has 28 heavy (non-hydrogen) atoms. The van der Waals surface area contributed by atoms with Crippen LogP contribution in [0.5, 0.6) is 0 Å². The number of rotatable bonds is 5. The predicted molar refractivity (Wildman–Crippen MR) is 110 cm³/mol. The Morgan fingerprint density at radius 1 is 1.21 bits per heavy atom. The molecular formula is C23H30N4O. The lowest BCUT2D eigenvalue weighted by Gasteiger charge is -2.32. The number of nitrogens with zero attached hydrogens (tertiary/aromatic N) is 4. The number of aryl methyl sites for hydroxylation is 1. The number of amides is 1. The van der Waals surface area contributed by atoms with E-state index in [1.165, 1.54) is 23.2 Å². The second-order valence-electron chi connectivity index (χ2n) is 8.12. The van der Waals surface area contributed by atoms with Crippen molar-refractivity contribution in [2.24, 2.45) is 0 Å². The first kappa shape index (κ1) is 19.1. The van der Waals surface area contributed by atoms with E-state index in [-0.39, 0.29) is 11.8 Å². The standard InChI is InChI=1S/C23H30N4O/c1-18(28)27-13-6-10-20(17-27)23-24-15-21-16-26(14-11-22(21)25-23)12-5-9-19-7-3-2-4-8-19/h2-4,7-8,15,20H,5-6,9-14,16-17H2,1H3/t20-/m1/s1. The van der Waals surface area contributed by atoms with Crippen LogP contribution < -0.4 is 0 Å². The Morgan fingerprint density at radius 3 is 2.89 bits per heavy atom. The molecule has 0 radical (unpaired) electrons. The number of hydrogen-bond acceptors (Lipinski definition) is 4. The quantitative estimate of drug-likeness (QED) is 0.802. The molecule has 0 unspecified atom stereocenters. The summed E-state index contributed by atoms with van der Waals surface area (Å²) in [6.07, 6.45) is 7.47. The molecule has 5 nitrogen and oxygen atoms in total. The second-order valence-corrected chi connectivity index (χ2v) is 8.12. The number of likely N-dealkylation sites (tertiary alicyclic amines) is 1. The number of piperidine rings is 1. The maximum absolute atomic E-state index is 11.7. The van der Waals surface area contributed by atoms with Crippen LogP contribution in [-0.4, -0.2) is 51.9 Å². The van der Waals surface area contributed by atoms with Crippen LogP contribution in [0.2, 0.25) is 0 Å². The molecule has 148 valence electrons. The highest BCUT2D eigenvalue weighted by atomic mass is 16.2. The van der Waals surface area contributed by atoms with Crippen LogP contribution in [0.1, 0.15) is 54.7 Å². The number of fused-ring (bicyclic) bond motifs is 1. The highest BCUT2D eigenvalue weighted by Crippen LogP contribution is 2.26. The van der Waals surface area contributed by atoms with Crippen molar-refractivity contribution in [2.45, 2.75) is 51.5 Å². The lowest BCUT2D eigenvalue weighted by Crippen LogP contribution is -2.38. The van der Waals surface area contributed by atoms with Crippen LogP contribution in [0.4, 0.5) is 0 Å². The number of aromatic nitrogens is 2. The molecule has 0 bridgehead atoms. The minimum Gasteiger partial charge on any atom is -0.342 e. The van der Waals surface area contributed by atoms with Gasteiger partial charge in [0.15, 0.2) is 0 Å². The molecule has 4 rings (SSSR count). The first-order valence-corrected chi connectivity index (χ1v) is 10.6. The molecule has 3 heterocycles. The molecule has 0 spiro atoms. The SMILES string of the molecule is CC(=O)N1CCC[C@@H](c2ncc3c(n2)CCN(CCCc2ccccc2)C3)C1. The van der Waals surface area contributed by atoms with E-state index in [2.05, 4.69) is 35.2 Å². The summed E-state index contributed by atoms with van der Waals surface area (Å²) in [5, 5.41) is 0. The fourth-order valence-corrected chi connectivity index (χ4v) is 4.40. The molecule has 0 aliphatic carbocycles. The van der Waals surface area contributed by atoms with Gasteiger partial charge in [-0.1, -0.05) is 30.3 Å². The maximum Gasteiger partial charge on any atom is 0.219 e. The van der Waals surface area contributed by atoms with Gasteiger partial charge in [0.1, 0.15) is 5.82 Å². The average Bonchev–Trinajstić information content (AvgIpc) is 2.74. The third kappa shape index (κ3) is 4.58. The van der Waals surface area contributed by atoms with Crippen LogP contribution in [0, 0.1) is 0 Å². The Labute approximate surface area is 167 Å². The molecule has 5 heteroatoms.